The summed E-state index contributed by atoms with van der Waals surface area (Å²) in [7, 11) is 0. The van der Waals surface area contributed by atoms with Gasteiger partial charge in [-0.2, -0.15) is 0 Å². The fraction of sp³-hybridized carbons (Fsp3) is 0.229. The van der Waals surface area contributed by atoms with Crippen LogP contribution in [0.25, 0.3) is 46.1 Å². The Kier molecular flexibility index (Phi) is 11.0. The Hall–Kier alpha value is -4.78. The van der Waals surface area contributed by atoms with E-state index < -0.39 is 5.97 Å². The molecule has 0 saturated carbocycles. The summed E-state index contributed by atoms with van der Waals surface area (Å²) < 4.78 is 14.0. The van der Waals surface area contributed by atoms with Crippen LogP contribution < -0.4 is 5.32 Å². The Labute approximate surface area is 246 Å². The van der Waals surface area contributed by atoms with Crippen LogP contribution in [0.15, 0.2) is 84.9 Å². The van der Waals surface area contributed by atoms with Gasteiger partial charge in [-0.1, -0.05) is 99.7 Å². The first-order chi connectivity index (χ1) is 20.4. The number of carboxylic acids is 1. The van der Waals surface area contributed by atoms with Crippen LogP contribution in [0.2, 0.25) is 0 Å². The maximum absolute atomic E-state index is 14.0. The van der Waals surface area contributed by atoms with Gasteiger partial charge in [0.2, 0.25) is 5.91 Å². The summed E-state index contributed by atoms with van der Waals surface area (Å²) >= 11 is 0. The van der Waals surface area contributed by atoms with Crippen LogP contribution in [0.1, 0.15) is 56.6 Å². The van der Waals surface area contributed by atoms with Crippen LogP contribution in [-0.4, -0.2) is 33.5 Å². The molecule has 0 radical (unpaired) electrons. The summed E-state index contributed by atoms with van der Waals surface area (Å²) in [6, 6.07) is 21.4. The van der Waals surface area contributed by atoms with E-state index in [0.29, 0.717) is 23.6 Å². The molecule has 4 rings (SSSR count). The quantitative estimate of drug-likeness (QED) is 0.106. The minimum atomic E-state index is -1.01. The molecule has 1 heterocycles. The fourth-order valence-corrected chi connectivity index (χ4v) is 4.59. The molecule has 0 unspecified atom stereocenters. The first-order valence-corrected chi connectivity index (χ1v) is 14.4. The summed E-state index contributed by atoms with van der Waals surface area (Å²) in [6.07, 6.45) is 13.0. The zero-order valence-electron chi connectivity index (χ0n) is 23.8. The van der Waals surface area contributed by atoms with Crippen LogP contribution >= 0.6 is 0 Å². The third-order valence-electron chi connectivity index (χ3n) is 6.86. The monoisotopic (exact) mass is 565 g/mol. The van der Waals surface area contributed by atoms with Crippen LogP contribution in [-0.2, 0) is 9.59 Å². The third kappa shape index (κ3) is 8.86. The van der Waals surface area contributed by atoms with Crippen LogP contribution in [0, 0.1) is 5.82 Å². The maximum atomic E-state index is 14.0. The molecule has 0 atom stereocenters. The second kappa shape index (κ2) is 15.3. The largest absolute Gasteiger partial charge is 0.478 e. The lowest BCUT2D eigenvalue weighted by molar-refractivity contribution is -0.131. The summed E-state index contributed by atoms with van der Waals surface area (Å²) in [4.78, 5) is 31.3. The molecule has 0 bridgehead atoms. The lowest BCUT2D eigenvalue weighted by Crippen LogP contribution is -2.21. The van der Waals surface area contributed by atoms with Crippen molar-refractivity contribution in [3.05, 3.63) is 102 Å². The van der Waals surface area contributed by atoms with Gasteiger partial charge in [-0.05, 0) is 41.8 Å². The van der Waals surface area contributed by atoms with Gasteiger partial charge in [-0.25, -0.2) is 14.2 Å². The van der Waals surface area contributed by atoms with Crippen molar-refractivity contribution >= 4 is 24.0 Å². The van der Waals surface area contributed by atoms with Gasteiger partial charge in [0.05, 0.1) is 11.4 Å². The summed E-state index contributed by atoms with van der Waals surface area (Å²) in [5.74, 6) is -0.945. The molecule has 7 heteroatoms. The van der Waals surface area contributed by atoms with E-state index in [0.717, 1.165) is 46.9 Å². The zero-order valence-corrected chi connectivity index (χ0v) is 23.8. The van der Waals surface area contributed by atoms with Crippen molar-refractivity contribution in [1.82, 2.24) is 15.3 Å². The second-order valence-corrected chi connectivity index (χ2v) is 10.1. The first kappa shape index (κ1) is 30.2. The Bertz CT molecular complexity index is 1540. The summed E-state index contributed by atoms with van der Waals surface area (Å²) in [5.41, 5.74) is 5.39. The smallest absolute Gasteiger partial charge is 0.328 e. The second-order valence-electron chi connectivity index (χ2n) is 10.1. The average Bonchev–Trinajstić information content (AvgIpc) is 3.45. The number of benzene rings is 3. The van der Waals surface area contributed by atoms with Gasteiger partial charge in [0.1, 0.15) is 11.6 Å². The standard InChI is InChI=1S/C35H36FN3O3/c1-2-3-4-5-6-7-23-37-31(40)21-15-25-11-17-27(18-12-25)33-34(28-19-13-26(14-20-28)16-22-32(41)42)39-35(38-33)29-9-8-10-30(36)24-29/h8-22,24H,2-7,23H2,1H3,(H,37,40)(H,38,39)(H,41,42)/b21-15+,22-16+. The molecule has 4 aromatic rings. The Morgan fingerprint density at radius 2 is 1.48 bits per heavy atom. The fourth-order valence-electron chi connectivity index (χ4n) is 4.59. The highest BCUT2D eigenvalue weighted by molar-refractivity contribution is 5.92. The number of nitrogens with zero attached hydrogens (tertiary/aromatic N) is 1. The predicted octanol–water partition coefficient (Wildman–Crippen LogP) is 8.14. The minimum absolute atomic E-state index is 0.108. The molecule has 1 aromatic heterocycles. The number of aromatic amines is 1. The maximum Gasteiger partial charge on any atom is 0.328 e. The molecule has 6 nitrogen and oxygen atoms in total. The van der Waals surface area contributed by atoms with E-state index in [1.54, 1.807) is 24.3 Å². The van der Waals surface area contributed by atoms with E-state index in [1.807, 2.05) is 48.5 Å². The Balaban J connectivity index is 1.50. The van der Waals surface area contributed by atoms with Crippen molar-refractivity contribution in [2.45, 2.75) is 45.4 Å². The lowest BCUT2D eigenvalue weighted by atomic mass is 10.0. The first-order valence-electron chi connectivity index (χ1n) is 14.4. The third-order valence-corrected chi connectivity index (χ3v) is 6.86. The highest BCUT2D eigenvalue weighted by atomic mass is 19.1. The molecule has 0 aliphatic heterocycles. The molecule has 0 aliphatic rings. The normalized spacial score (nSPS) is 11.4. The minimum Gasteiger partial charge on any atom is -0.478 e. The van der Waals surface area contributed by atoms with E-state index in [4.69, 9.17) is 10.1 Å². The lowest BCUT2D eigenvalue weighted by Gasteiger charge is -2.05. The van der Waals surface area contributed by atoms with Crippen molar-refractivity contribution in [1.29, 1.82) is 0 Å². The highest BCUT2D eigenvalue weighted by Crippen LogP contribution is 2.33. The number of nitrogens with one attached hydrogen (secondary N) is 2. The van der Waals surface area contributed by atoms with Gasteiger partial charge in [-0.3, -0.25) is 4.79 Å². The van der Waals surface area contributed by atoms with Crippen molar-refractivity contribution in [3.8, 4) is 33.9 Å². The molecule has 1 amide bonds. The number of aliphatic carboxylic acids is 1. The van der Waals surface area contributed by atoms with Crippen molar-refractivity contribution in [2.24, 2.45) is 0 Å². The number of carbonyl (C=O) groups excluding carboxylic acids is 1. The van der Waals surface area contributed by atoms with Crippen LogP contribution in [0.5, 0.6) is 0 Å². The topological polar surface area (TPSA) is 95.1 Å². The van der Waals surface area contributed by atoms with Gasteiger partial charge >= 0.3 is 5.97 Å². The molecular formula is C35H36FN3O3. The van der Waals surface area contributed by atoms with Gasteiger partial charge in [0.15, 0.2) is 0 Å². The van der Waals surface area contributed by atoms with Crippen molar-refractivity contribution in [3.63, 3.8) is 0 Å². The molecule has 0 spiro atoms. The number of hydrogen-bond acceptors (Lipinski definition) is 3. The number of imidazole rings is 1. The SMILES string of the molecule is CCCCCCCCNC(=O)/C=C/c1ccc(-c2nc(-c3cccc(F)c3)[nH]c2-c2ccc(/C=C/C(=O)O)cc2)cc1. The van der Waals surface area contributed by atoms with Gasteiger partial charge < -0.3 is 15.4 Å². The van der Waals surface area contributed by atoms with E-state index >= 15 is 0 Å². The molecular weight excluding hydrogens is 529 g/mol. The predicted molar refractivity (Wildman–Crippen MR) is 167 cm³/mol. The van der Waals surface area contributed by atoms with Gasteiger partial charge in [0.25, 0.3) is 0 Å². The zero-order chi connectivity index (χ0) is 29.7. The van der Waals surface area contributed by atoms with Crippen molar-refractivity contribution in [2.75, 3.05) is 6.54 Å². The molecule has 216 valence electrons. The number of unbranched alkanes of at least 4 members (excludes halogenated alkanes) is 5. The summed E-state index contributed by atoms with van der Waals surface area (Å²) in [5, 5.41) is 11.9. The van der Waals surface area contributed by atoms with Crippen molar-refractivity contribution < 1.29 is 19.1 Å². The number of aromatic nitrogens is 2. The molecule has 3 aromatic carbocycles. The molecule has 42 heavy (non-hydrogen) atoms. The number of rotatable bonds is 14. The number of hydrogen-bond donors (Lipinski definition) is 3. The number of H-pyrrole nitrogens is 1. The number of halogens is 1. The van der Waals surface area contributed by atoms with Gasteiger partial charge in [0, 0.05) is 35.4 Å². The average molecular weight is 566 g/mol. The summed E-state index contributed by atoms with van der Waals surface area (Å²) in [6.45, 7) is 2.88. The van der Waals surface area contributed by atoms with Gasteiger partial charge in [-0.15, -0.1) is 0 Å². The highest BCUT2D eigenvalue weighted by Gasteiger charge is 2.16. The van der Waals surface area contributed by atoms with Crippen LogP contribution in [0.4, 0.5) is 4.39 Å². The van der Waals surface area contributed by atoms with E-state index in [1.165, 1.54) is 43.9 Å². The van der Waals surface area contributed by atoms with E-state index in [9.17, 15) is 14.0 Å². The Morgan fingerprint density at radius 1 is 0.833 bits per heavy atom. The number of carbonyl (C=O) groups is 2. The van der Waals surface area contributed by atoms with E-state index in [-0.39, 0.29) is 11.7 Å². The molecule has 0 aliphatic carbocycles. The van der Waals surface area contributed by atoms with E-state index in [2.05, 4.69) is 17.2 Å². The Morgan fingerprint density at radius 3 is 2.14 bits per heavy atom. The van der Waals surface area contributed by atoms with Crippen LogP contribution in [0.3, 0.4) is 0 Å². The number of carboxylic acid groups (broad SMARTS) is 1. The molecule has 0 fully saturated rings. The molecule has 3 N–H and O–H groups in total. The molecule has 0 saturated heterocycles. The number of amides is 1.